The maximum absolute atomic E-state index is 12.6. The fourth-order valence-corrected chi connectivity index (χ4v) is 4.24. The number of anilines is 1. The monoisotopic (exact) mass is 397 g/mol. The van der Waals surface area contributed by atoms with Gasteiger partial charge in [0.1, 0.15) is 0 Å². The number of hydrogen-bond donors (Lipinski definition) is 2. The van der Waals surface area contributed by atoms with Crippen molar-refractivity contribution >= 4 is 34.7 Å². The van der Waals surface area contributed by atoms with Gasteiger partial charge in [-0.15, -0.1) is 23.1 Å². The summed E-state index contributed by atoms with van der Waals surface area (Å²) >= 11 is 3.31. The number of amides is 1. The minimum absolute atomic E-state index is 0.0210. The highest BCUT2D eigenvalue weighted by Gasteiger charge is 2.11. The van der Waals surface area contributed by atoms with E-state index < -0.39 is 0 Å². The molecular weight excluding hydrogens is 374 g/mol. The summed E-state index contributed by atoms with van der Waals surface area (Å²) in [5.74, 6) is 0.752. The number of thiazole rings is 1. The number of rotatable bonds is 9. The Hall–Kier alpha value is -2.31. The fourth-order valence-electron chi connectivity index (χ4n) is 2.58. The highest BCUT2D eigenvalue weighted by molar-refractivity contribution is 7.98. The number of para-hydroxylation sites is 1. The molecule has 0 spiro atoms. The number of nitrogens with one attached hydrogen (secondary N) is 2. The average molecular weight is 398 g/mol. The third kappa shape index (κ3) is 6.12. The first-order valence-electron chi connectivity index (χ1n) is 8.92. The van der Waals surface area contributed by atoms with E-state index in [4.69, 9.17) is 0 Å². The molecule has 3 rings (SSSR count). The van der Waals surface area contributed by atoms with Crippen molar-refractivity contribution < 1.29 is 4.79 Å². The van der Waals surface area contributed by atoms with Crippen LogP contribution in [0.3, 0.4) is 0 Å². The van der Waals surface area contributed by atoms with Crippen molar-refractivity contribution in [1.82, 2.24) is 10.3 Å². The molecule has 1 heterocycles. The Morgan fingerprint density at radius 2 is 1.85 bits per heavy atom. The molecule has 0 atom stereocenters. The lowest BCUT2D eigenvalue weighted by molar-refractivity contribution is 0.0950. The molecule has 0 radical (unpaired) electrons. The summed E-state index contributed by atoms with van der Waals surface area (Å²) in [4.78, 5) is 18.0. The molecule has 2 N–H and O–H groups in total. The summed E-state index contributed by atoms with van der Waals surface area (Å²) in [6.07, 6.45) is 0.869. The van der Waals surface area contributed by atoms with E-state index >= 15 is 0 Å². The van der Waals surface area contributed by atoms with E-state index in [-0.39, 0.29) is 5.91 Å². The predicted octanol–water partition coefficient (Wildman–Crippen LogP) is 4.98. The Morgan fingerprint density at radius 1 is 1.07 bits per heavy atom. The summed E-state index contributed by atoms with van der Waals surface area (Å²) in [5, 5.41) is 9.51. The first-order chi connectivity index (χ1) is 13.2. The van der Waals surface area contributed by atoms with Crippen LogP contribution in [0, 0.1) is 6.92 Å². The third-order valence-corrected chi connectivity index (χ3v) is 5.85. The number of thioether (sulfide) groups is 1. The minimum atomic E-state index is -0.0210. The largest absolute Gasteiger partial charge is 0.385 e. The molecule has 0 bridgehead atoms. The quantitative estimate of drug-likeness (QED) is 0.395. The van der Waals surface area contributed by atoms with Crippen LogP contribution in [-0.4, -0.2) is 24.0 Å². The van der Waals surface area contributed by atoms with E-state index in [0.717, 1.165) is 45.6 Å². The normalized spacial score (nSPS) is 10.6. The predicted molar refractivity (Wildman–Crippen MR) is 115 cm³/mol. The standard InChI is InChI=1S/C21H23N3OS2/c1-16-24-18(14-26-16)15-27-20-11-6-5-10-19(20)21(25)23-13-7-12-22-17-8-3-2-4-9-17/h2-6,8-11,14,22H,7,12-13,15H2,1H3,(H,23,25). The van der Waals surface area contributed by atoms with Gasteiger partial charge in [-0.25, -0.2) is 4.98 Å². The smallest absolute Gasteiger partial charge is 0.252 e. The lowest BCUT2D eigenvalue weighted by atomic mass is 10.2. The Kier molecular flexibility index (Phi) is 7.30. The van der Waals surface area contributed by atoms with Crippen LogP contribution in [0.1, 0.15) is 27.5 Å². The highest BCUT2D eigenvalue weighted by atomic mass is 32.2. The minimum Gasteiger partial charge on any atom is -0.385 e. The van der Waals surface area contributed by atoms with Gasteiger partial charge in [0.25, 0.3) is 5.91 Å². The molecule has 4 nitrogen and oxygen atoms in total. The van der Waals surface area contributed by atoms with Crippen molar-refractivity contribution in [1.29, 1.82) is 0 Å². The number of nitrogens with zero attached hydrogens (tertiary/aromatic N) is 1. The Morgan fingerprint density at radius 3 is 2.63 bits per heavy atom. The average Bonchev–Trinajstić information content (AvgIpc) is 3.12. The van der Waals surface area contributed by atoms with Gasteiger partial charge >= 0.3 is 0 Å². The first kappa shape index (κ1) is 19.5. The molecular formula is C21H23N3OS2. The first-order valence-corrected chi connectivity index (χ1v) is 10.8. The van der Waals surface area contributed by atoms with Crippen LogP contribution >= 0.6 is 23.1 Å². The summed E-state index contributed by atoms with van der Waals surface area (Å²) in [6.45, 7) is 3.47. The van der Waals surface area contributed by atoms with E-state index in [9.17, 15) is 4.79 Å². The highest BCUT2D eigenvalue weighted by Crippen LogP contribution is 2.26. The zero-order valence-corrected chi connectivity index (χ0v) is 16.9. The second kappa shape index (κ2) is 10.1. The van der Waals surface area contributed by atoms with Crippen molar-refractivity contribution in [3.8, 4) is 0 Å². The van der Waals surface area contributed by atoms with Crippen LogP contribution in [-0.2, 0) is 5.75 Å². The molecule has 27 heavy (non-hydrogen) atoms. The molecule has 0 aliphatic rings. The summed E-state index contributed by atoms with van der Waals surface area (Å²) in [6, 6.07) is 17.8. The van der Waals surface area contributed by atoms with Crippen LogP contribution in [0.2, 0.25) is 0 Å². The van der Waals surface area contributed by atoms with Gasteiger partial charge in [-0.2, -0.15) is 0 Å². The molecule has 0 aliphatic heterocycles. The van der Waals surface area contributed by atoms with Crippen LogP contribution in [0.15, 0.2) is 64.9 Å². The molecule has 0 unspecified atom stereocenters. The van der Waals surface area contributed by atoms with Gasteiger partial charge in [-0.1, -0.05) is 30.3 Å². The van der Waals surface area contributed by atoms with Crippen LogP contribution < -0.4 is 10.6 Å². The molecule has 1 amide bonds. The van der Waals surface area contributed by atoms with Crippen molar-refractivity contribution in [3.63, 3.8) is 0 Å². The van der Waals surface area contributed by atoms with Gasteiger partial charge in [-0.05, 0) is 37.6 Å². The number of aryl methyl sites for hydroxylation is 1. The molecule has 2 aromatic carbocycles. The van der Waals surface area contributed by atoms with Crippen LogP contribution in [0.5, 0.6) is 0 Å². The molecule has 0 saturated heterocycles. The van der Waals surface area contributed by atoms with Gasteiger partial charge in [0.05, 0.1) is 16.3 Å². The van der Waals surface area contributed by atoms with E-state index in [1.165, 1.54) is 0 Å². The van der Waals surface area contributed by atoms with Gasteiger partial charge in [0, 0.05) is 34.8 Å². The summed E-state index contributed by atoms with van der Waals surface area (Å²) in [7, 11) is 0. The number of carbonyl (C=O) groups is 1. The van der Waals surface area contributed by atoms with Crippen LogP contribution in [0.4, 0.5) is 5.69 Å². The van der Waals surface area contributed by atoms with E-state index in [0.29, 0.717) is 6.54 Å². The second-order valence-corrected chi connectivity index (χ2v) is 8.12. The number of carbonyl (C=O) groups excluding carboxylic acids is 1. The third-order valence-electron chi connectivity index (χ3n) is 3.92. The molecule has 0 aliphatic carbocycles. The lowest BCUT2D eigenvalue weighted by Gasteiger charge is -2.10. The maximum atomic E-state index is 12.6. The number of hydrogen-bond acceptors (Lipinski definition) is 5. The van der Waals surface area contributed by atoms with E-state index in [2.05, 4.69) is 21.0 Å². The van der Waals surface area contributed by atoms with Crippen molar-refractivity contribution in [2.24, 2.45) is 0 Å². The lowest BCUT2D eigenvalue weighted by Crippen LogP contribution is -2.26. The molecule has 0 fully saturated rings. The molecule has 1 aromatic heterocycles. The fraction of sp³-hybridized carbons (Fsp3) is 0.238. The summed E-state index contributed by atoms with van der Waals surface area (Å²) < 4.78 is 0. The van der Waals surface area contributed by atoms with Crippen LogP contribution in [0.25, 0.3) is 0 Å². The van der Waals surface area contributed by atoms with Crippen molar-refractivity contribution in [2.45, 2.75) is 24.0 Å². The maximum Gasteiger partial charge on any atom is 0.252 e. The molecule has 0 saturated carbocycles. The molecule has 6 heteroatoms. The summed E-state index contributed by atoms with van der Waals surface area (Å²) in [5.41, 5.74) is 2.89. The van der Waals surface area contributed by atoms with Gasteiger partial charge in [0.2, 0.25) is 0 Å². The Bertz CT molecular complexity index is 865. The van der Waals surface area contributed by atoms with Gasteiger partial charge < -0.3 is 10.6 Å². The van der Waals surface area contributed by atoms with Gasteiger partial charge in [-0.3, -0.25) is 4.79 Å². The zero-order chi connectivity index (χ0) is 18.9. The van der Waals surface area contributed by atoms with E-state index in [1.54, 1.807) is 23.1 Å². The van der Waals surface area contributed by atoms with Crippen molar-refractivity contribution in [2.75, 3.05) is 18.4 Å². The Labute approximate surface area is 168 Å². The molecule has 3 aromatic rings. The van der Waals surface area contributed by atoms with E-state index in [1.807, 2.05) is 61.5 Å². The van der Waals surface area contributed by atoms with Crippen molar-refractivity contribution in [3.05, 3.63) is 76.2 Å². The number of benzene rings is 2. The SMILES string of the molecule is Cc1nc(CSc2ccccc2C(=O)NCCCNc2ccccc2)cs1. The number of aromatic nitrogens is 1. The topological polar surface area (TPSA) is 54.0 Å². The Balaban J connectivity index is 1.46. The second-order valence-electron chi connectivity index (χ2n) is 6.04. The molecule has 140 valence electrons. The zero-order valence-electron chi connectivity index (χ0n) is 15.3. The van der Waals surface area contributed by atoms with Gasteiger partial charge in [0.15, 0.2) is 0 Å².